The summed E-state index contributed by atoms with van der Waals surface area (Å²) in [5.74, 6) is 1.94. The number of aryl methyl sites for hydroxylation is 1. The van der Waals surface area contributed by atoms with Crippen molar-refractivity contribution in [2.24, 2.45) is 0 Å². The van der Waals surface area contributed by atoms with Crippen molar-refractivity contribution in [2.75, 3.05) is 5.32 Å². The molecule has 1 heterocycles. The van der Waals surface area contributed by atoms with Crippen LogP contribution in [0.25, 0.3) is 11.4 Å². The highest BCUT2D eigenvalue weighted by molar-refractivity contribution is 7.80. The molecule has 0 unspecified atom stereocenters. The molecule has 0 spiro atoms. The Balaban J connectivity index is 1.26. The van der Waals surface area contributed by atoms with Crippen molar-refractivity contribution in [1.29, 1.82) is 0 Å². The number of hydrogen-bond acceptors (Lipinski definition) is 5. The van der Waals surface area contributed by atoms with Gasteiger partial charge in [-0.15, -0.1) is 0 Å². The van der Waals surface area contributed by atoms with E-state index in [4.69, 9.17) is 21.5 Å². The van der Waals surface area contributed by atoms with Gasteiger partial charge in [0.15, 0.2) is 5.11 Å². The topological polar surface area (TPSA) is 72.2 Å². The molecule has 2 N–H and O–H groups in total. The van der Waals surface area contributed by atoms with Gasteiger partial charge in [0.25, 0.3) is 0 Å². The first kappa shape index (κ1) is 19.4. The Morgan fingerprint density at radius 1 is 1.10 bits per heavy atom. The number of rotatable bonds is 6. The third kappa shape index (κ3) is 5.32. The lowest BCUT2D eigenvalue weighted by Gasteiger charge is -2.14. The van der Waals surface area contributed by atoms with Crippen LogP contribution in [0.5, 0.6) is 5.75 Å². The zero-order valence-electron chi connectivity index (χ0n) is 16.4. The fourth-order valence-corrected chi connectivity index (χ4v) is 3.48. The first-order valence-electron chi connectivity index (χ1n) is 9.87. The Hall–Kier alpha value is -2.93. The maximum Gasteiger partial charge on any atom is 0.246 e. The molecule has 1 aromatic heterocycles. The van der Waals surface area contributed by atoms with Crippen molar-refractivity contribution >= 4 is 23.0 Å². The Kier molecular flexibility index (Phi) is 6.05. The molecule has 1 fully saturated rings. The van der Waals surface area contributed by atoms with Crippen LogP contribution in [0.4, 0.5) is 5.69 Å². The molecule has 3 aromatic rings. The summed E-state index contributed by atoms with van der Waals surface area (Å²) in [6.45, 7) is 2.40. The molecule has 0 saturated heterocycles. The van der Waals surface area contributed by atoms with Gasteiger partial charge in [-0.3, -0.25) is 0 Å². The predicted molar refractivity (Wildman–Crippen MR) is 117 cm³/mol. The second kappa shape index (κ2) is 9.05. The number of anilines is 1. The third-order valence-corrected chi connectivity index (χ3v) is 5.14. The lowest BCUT2D eigenvalue weighted by molar-refractivity contribution is 0.210. The minimum atomic E-state index is 0.355. The van der Waals surface area contributed by atoms with Gasteiger partial charge in [-0.2, -0.15) is 4.98 Å². The number of aromatic nitrogens is 2. The molecule has 6 nitrogen and oxygen atoms in total. The highest BCUT2D eigenvalue weighted by atomic mass is 32.1. The SMILES string of the molecule is Cc1ccc(-c2noc(CNC(=S)Nc3ccc(OC4CCCC4)cc3)n2)cc1. The van der Waals surface area contributed by atoms with Crippen LogP contribution in [-0.4, -0.2) is 21.4 Å². The summed E-state index contributed by atoms with van der Waals surface area (Å²) < 4.78 is 11.3. The van der Waals surface area contributed by atoms with Gasteiger partial charge < -0.3 is 19.9 Å². The predicted octanol–water partition coefficient (Wildman–Crippen LogP) is 4.85. The van der Waals surface area contributed by atoms with Gasteiger partial charge in [0.05, 0.1) is 12.6 Å². The molecule has 0 bridgehead atoms. The minimum absolute atomic E-state index is 0.355. The van der Waals surface area contributed by atoms with Crippen molar-refractivity contribution in [3.63, 3.8) is 0 Å². The molecule has 1 aliphatic carbocycles. The normalized spacial score (nSPS) is 14.0. The molecule has 1 aliphatic rings. The smallest absolute Gasteiger partial charge is 0.246 e. The monoisotopic (exact) mass is 408 g/mol. The zero-order valence-corrected chi connectivity index (χ0v) is 17.2. The number of nitrogens with one attached hydrogen (secondary N) is 2. The summed E-state index contributed by atoms with van der Waals surface area (Å²) in [6.07, 6.45) is 5.17. The van der Waals surface area contributed by atoms with E-state index in [1.54, 1.807) is 0 Å². The van der Waals surface area contributed by atoms with E-state index in [0.717, 1.165) is 29.8 Å². The van der Waals surface area contributed by atoms with Gasteiger partial charge in [0.1, 0.15) is 5.75 Å². The highest BCUT2D eigenvalue weighted by Crippen LogP contribution is 2.25. The molecule has 0 atom stereocenters. The summed E-state index contributed by atoms with van der Waals surface area (Å²) in [5.41, 5.74) is 3.01. The van der Waals surface area contributed by atoms with Crippen LogP contribution in [0.3, 0.4) is 0 Å². The van der Waals surface area contributed by atoms with Crippen LogP contribution >= 0.6 is 12.2 Å². The minimum Gasteiger partial charge on any atom is -0.490 e. The molecule has 0 aliphatic heterocycles. The van der Waals surface area contributed by atoms with Gasteiger partial charge in [-0.05, 0) is 69.1 Å². The van der Waals surface area contributed by atoms with E-state index < -0.39 is 0 Å². The number of ether oxygens (including phenoxy) is 1. The van der Waals surface area contributed by atoms with Gasteiger partial charge >= 0.3 is 0 Å². The zero-order chi connectivity index (χ0) is 20.1. The molecule has 29 heavy (non-hydrogen) atoms. The Bertz CT molecular complexity index is 948. The molecule has 2 aromatic carbocycles. The quantitative estimate of drug-likeness (QED) is 0.565. The van der Waals surface area contributed by atoms with E-state index in [1.807, 2.05) is 55.5 Å². The largest absolute Gasteiger partial charge is 0.490 e. The maximum absolute atomic E-state index is 5.98. The van der Waals surface area contributed by atoms with Gasteiger partial charge in [-0.1, -0.05) is 35.0 Å². The summed E-state index contributed by atoms with van der Waals surface area (Å²) >= 11 is 5.36. The summed E-state index contributed by atoms with van der Waals surface area (Å²) in [4.78, 5) is 4.41. The Labute approximate surface area is 175 Å². The number of thiocarbonyl (C=S) groups is 1. The van der Waals surface area contributed by atoms with Gasteiger partial charge in [-0.25, -0.2) is 0 Å². The van der Waals surface area contributed by atoms with Crippen LogP contribution in [0.15, 0.2) is 53.1 Å². The van der Waals surface area contributed by atoms with Crippen molar-refractivity contribution in [3.8, 4) is 17.1 Å². The molecule has 1 saturated carbocycles. The van der Waals surface area contributed by atoms with Crippen molar-refractivity contribution in [1.82, 2.24) is 15.5 Å². The van der Waals surface area contributed by atoms with Crippen LogP contribution in [-0.2, 0) is 6.54 Å². The molecule has 150 valence electrons. The molecule has 7 heteroatoms. The third-order valence-electron chi connectivity index (χ3n) is 4.90. The van der Waals surface area contributed by atoms with E-state index in [0.29, 0.717) is 29.5 Å². The summed E-state index contributed by atoms with van der Waals surface area (Å²) in [7, 11) is 0. The van der Waals surface area contributed by atoms with E-state index in [-0.39, 0.29) is 0 Å². The Morgan fingerprint density at radius 2 is 1.83 bits per heavy atom. The fourth-order valence-electron chi connectivity index (χ4n) is 3.29. The number of hydrogen-bond donors (Lipinski definition) is 2. The molecular weight excluding hydrogens is 384 g/mol. The van der Waals surface area contributed by atoms with Crippen LogP contribution in [0, 0.1) is 6.92 Å². The average Bonchev–Trinajstić information content (AvgIpc) is 3.41. The highest BCUT2D eigenvalue weighted by Gasteiger charge is 2.16. The van der Waals surface area contributed by atoms with Crippen LogP contribution in [0.1, 0.15) is 37.1 Å². The fraction of sp³-hybridized carbons (Fsp3) is 0.318. The number of nitrogens with zero attached hydrogens (tertiary/aromatic N) is 2. The first-order chi connectivity index (χ1) is 14.2. The maximum atomic E-state index is 5.98. The average molecular weight is 409 g/mol. The Morgan fingerprint density at radius 3 is 2.55 bits per heavy atom. The van der Waals surface area contributed by atoms with Gasteiger partial charge in [0.2, 0.25) is 11.7 Å². The standard InChI is InChI=1S/C22H24N4O2S/c1-15-6-8-16(9-7-15)21-25-20(28-26-21)14-23-22(29)24-17-10-12-19(13-11-17)27-18-4-2-3-5-18/h6-13,18H,2-5,14H2,1H3,(H2,23,24,29). The summed E-state index contributed by atoms with van der Waals surface area (Å²) in [5, 5.41) is 10.8. The van der Waals surface area contributed by atoms with E-state index in [1.165, 1.54) is 18.4 Å². The lowest BCUT2D eigenvalue weighted by Crippen LogP contribution is -2.28. The summed E-state index contributed by atoms with van der Waals surface area (Å²) in [6, 6.07) is 15.8. The van der Waals surface area contributed by atoms with Crippen LogP contribution in [0.2, 0.25) is 0 Å². The molecule has 4 rings (SSSR count). The van der Waals surface area contributed by atoms with Crippen molar-refractivity contribution in [2.45, 2.75) is 45.3 Å². The second-order valence-electron chi connectivity index (χ2n) is 7.23. The lowest BCUT2D eigenvalue weighted by atomic mass is 10.1. The van der Waals surface area contributed by atoms with E-state index >= 15 is 0 Å². The van der Waals surface area contributed by atoms with Gasteiger partial charge in [0, 0.05) is 11.3 Å². The second-order valence-corrected chi connectivity index (χ2v) is 7.64. The van der Waals surface area contributed by atoms with E-state index in [9.17, 15) is 0 Å². The van der Waals surface area contributed by atoms with Crippen LogP contribution < -0.4 is 15.4 Å². The molecule has 0 amide bonds. The van der Waals surface area contributed by atoms with E-state index in [2.05, 4.69) is 20.8 Å². The first-order valence-corrected chi connectivity index (χ1v) is 10.3. The number of benzene rings is 2. The molecule has 0 radical (unpaired) electrons. The van der Waals surface area contributed by atoms with Crippen molar-refractivity contribution in [3.05, 3.63) is 60.0 Å². The molecular formula is C22H24N4O2S. The van der Waals surface area contributed by atoms with Crippen molar-refractivity contribution < 1.29 is 9.26 Å².